The van der Waals surface area contributed by atoms with Crippen LogP contribution in [-0.2, 0) is 6.42 Å². The third kappa shape index (κ3) is 3.91. The maximum absolute atomic E-state index is 6.46. The van der Waals surface area contributed by atoms with E-state index in [1.54, 1.807) is 0 Å². The molecule has 1 heterocycles. The molecule has 2 rings (SSSR count). The van der Waals surface area contributed by atoms with Crippen molar-refractivity contribution in [3.05, 3.63) is 28.8 Å². The van der Waals surface area contributed by atoms with Gasteiger partial charge in [0.05, 0.1) is 0 Å². The average molecular weight is 310 g/mol. The van der Waals surface area contributed by atoms with Crippen LogP contribution in [0.5, 0.6) is 0 Å². The van der Waals surface area contributed by atoms with E-state index in [0.717, 1.165) is 43.1 Å². The van der Waals surface area contributed by atoms with Gasteiger partial charge in [0.15, 0.2) is 0 Å². The maximum Gasteiger partial charge on any atom is 0.0459 e. The molecule has 0 aromatic heterocycles. The van der Waals surface area contributed by atoms with Crippen LogP contribution in [0.25, 0.3) is 0 Å². The van der Waals surface area contributed by atoms with Gasteiger partial charge in [-0.3, -0.25) is 4.90 Å². The van der Waals surface area contributed by atoms with Crippen molar-refractivity contribution in [3.8, 4) is 0 Å². The largest absolute Gasteiger partial charge is 0.368 e. The van der Waals surface area contributed by atoms with E-state index in [2.05, 4.69) is 55.8 Å². The molecule has 0 aliphatic carbocycles. The number of nitrogens with zero attached hydrogens (tertiary/aromatic N) is 2. The van der Waals surface area contributed by atoms with Gasteiger partial charge in [-0.15, -0.1) is 0 Å². The summed E-state index contributed by atoms with van der Waals surface area (Å²) in [5, 5.41) is 0.841. The molecular formula is C17H28ClN3. The van der Waals surface area contributed by atoms with Crippen molar-refractivity contribution in [2.75, 3.05) is 31.6 Å². The molecule has 1 atom stereocenters. The van der Waals surface area contributed by atoms with Gasteiger partial charge in [-0.2, -0.15) is 0 Å². The van der Waals surface area contributed by atoms with Crippen LogP contribution in [0.15, 0.2) is 18.2 Å². The predicted octanol–water partition coefficient (Wildman–Crippen LogP) is 3.15. The summed E-state index contributed by atoms with van der Waals surface area (Å²) in [4.78, 5) is 4.84. The summed E-state index contributed by atoms with van der Waals surface area (Å²) < 4.78 is 0. The molecule has 2 N–H and O–H groups in total. The minimum atomic E-state index is 0.188. The first-order valence-electron chi connectivity index (χ1n) is 7.83. The van der Waals surface area contributed by atoms with Crippen LogP contribution < -0.4 is 10.6 Å². The number of hydrogen-bond acceptors (Lipinski definition) is 3. The average Bonchev–Trinajstić information content (AvgIpc) is 2.43. The lowest BCUT2D eigenvalue weighted by Crippen LogP contribution is -2.57. The van der Waals surface area contributed by atoms with E-state index in [1.807, 2.05) is 0 Å². The third-order valence-electron chi connectivity index (χ3n) is 4.72. The SMILES string of the molecule is CCC(N)Cc1ccc(N2CCN(C)C(C)(C)C2)cc1Cl. The number of halogens is 1. The minimum absolute atomic E-state index is 0.188. The molecule has 0 saturated carbocycles. The smallest absolute Gasteiger partial charge is 0.0459 e. The van der Waals surface area contributed by atoms with Crippen molar-refractivity contribution in [2.24, 2.45) is 5.73 Å². The Hall–Kier alpha value is -0.770. The standard InChI is InChI=1S/C17H28ClN3/c1-5-14(19)10-13-6-7-15(11-16(13)18)21-9-8-20(4)17(2,3)12-21/h6-7,11,14H,5,8-10,12,19H2,1-4H3. The van der Waals surface area contributed by atoms with Gasteiger partial charge in [-0.05, 0) is 51.4 Å². The summed E-state index contributed by atoms with van der Waals surface area (Å²) in [7, 11) is 2.19. The first-order valence-corrected chi connectivity index (χ1v) is 8.21. The zero-order chi connectivity index (χ0) is 15.6. The number of rotatable bonds is 4. The number of hydrogen-bond donors (Lipinski definition) is 1. The number of benzene rings is 1. The van der Waals surface area contributed by atoms with Crippen molar-refractivity contribution < 1.29 is 0 Å². The van der Waals surface area contributed by atoms with Crippen LogP contribution in [0.4, 0.5) is 5.69 Å². The zero-order valence-electron chi connectivity index (χ0n) is 13.7. The first-order chi connectivity index (χ1) is 9.83. The molecule has 1 aliphatic heterocycles. The van der Waals surface area contributed by atoms with Crippen molar-refractivity contribution >= 4 is 17.3 Å². The van der Waals surface area contributed by atoms with E-state index >= 15 is 0 Å². The fraction of sp³-hybridized carbons (Fsp3) is 0.647. The molecule has 1 aromatic carbocycles. The van der Waals surface area contributed by atoms with Gasteiger partial charge in [0, 0.05) is 41.9 Å². The summed E-state index contributed by atoms with van der Waals surface area (Å²) in [6.45, 7) is 9.83. The molecule has 1 saturated heterocycles. The monoisotopic (exact) mass is 309 g/mol. The molecule has 1 aliphatic rings. The van der Waals surface area contributed by atoms with Gasteiger partial charge >= 0.3 is 0 Å². The molecular weight excluding hydrogens is 282 g/mol. The van der Waals surface area contributed by atoms with Crippen LogP contribution in [0.3, 0.4) is 0 Å². The molecule has 1 unspecified atom stereocenters. The Morgan fingerprint density at radius 1 is 1.33 bits per heavy atom. The summed E-state index contributed by atoms with van der Waals surface area (Å²) >= 11 is 6.46. The van der Waals surface area contributed by atoms with Crippen LogP contribution in [0.1, 0.15) is 32.8 Å². The first kappa shape index (κ1) is 16.6. The summed E-state index contributed by atoms with van der Waals surface area (Å²) in [6.07, 6.45) is 1.83. The molecule has 1 fully saturated rings. The van der Waals surface area contributed by atoms with Crippen molar-refractivity contribution in [3.63, 3.8) is 0 Å². The Morgan fingerprint density at radius 3 is 2.62 bits per heavy atom. The van der Waals surface area contributed by atoms with E-state index in [9.17, 15) is 0 Å². The second kappa shape index (κ2) is 6.55. The van der Waals surface area contributed by atoms with Crippen LogP contribution in [0.2, 0.25) is 5.02 Å². The highest BCUT2D eigenvalue weighted by atomic mass is 35.5. The van der Waals surface area contributed by atoms with Gasteiger partial charge in [-0.1, -0.05) is 24.6 Å². The lowest BCUT2D eigenvalue weighted by atomic mass is 9.98. The van der Waals surface area contributed by atoms with E-state index in [0.29, 0.717) is 0 Å². The molecule has 0 spiro atoms. The van der Waals surface area contributed by atoms with Crippen molar-refractivity contribution in [1.29, 1.82) is 0 Å². The molecule has 3 nitrogen and oxygen atoms in total. The summed E-state index contributed by atoms with van der Waals surface area (Å²) in [5.74, 6) is 0. The molecule has 1 aromatic rings. The lowest BCUT2D eigenvalue weighted by molar-refractivity contribution is 0.139. The van der Waals surface area contributed by atoms with E-state index in [1.165, 1.54) is 5.69 Å². The summed E-state index contributed by atoms with van der Waals surface area (Å²) in [6, 6.07) is 6.61. The number of anilines is 1. The highest BCUT2D eigenvalue weighted by Gasteiger charge is 2.31. The van der Waals surface area contributed by atoms with Gasteiger partial charge in [0.2, 0.25) is 0 Å². The Kier molecular flexibility index (Phi) is 5.18. The minimum Gasteiger partial charge on any atom is -0.368 e. The van der Waals surface area contributed by atoms with Crippen LogP contribution >= 0.6 is 11.6 Å². The molecule has 21 heavy (non-hydrogen) atoms. The topological polar surface area (TPSA) is 32.5 Å². The van der Waals surface area contributed by atoms with Gasteiger partial charge in [0.25, 0.3) is 0 Å². The van der Waals surface area contributed by atoms with Crippen molar-refractivity contribution in [2.45, 2.75) is 45.2 Å². The molecule has 0 radical (unpaired) electrons. The Labute approximate surface area is 134 Å². The fourth-order valence-electron chi connectivity index (χ4n) is 2.79. The number of nitrogens with two attached hydrogens (primary N) is 1. The Morgan fingerprint density at radius 2 is 2.05 bits per heavy atom. The summed E-state index contributed by atoms with van der Waals surface area (Å²) in [5.41, 5.74) is 8.59. The highest BCUT2D eigenvalue weighted by molar-refractivity contribution is 6.31. The quantitative estimate of drug-likeness (QED) is 0.927. The molecule has 118 valence electrons. The predicted molar refractivity (Wildman–Crippen MR) is 92.3 cm³/mol. The fourth-order valence-corrected chi connectivity index (χ4v) is 3.04. The van der Waals surface area contributed by atoms with E-state index in [-0.39, 0.29) is 11.6 Å². The molecule has 4 heteroatoms. The van der Waals surface area contributed by atoms with Gasteiger partial charge in [0.1, 0.15) is 0 Å². The highest BCUT2D eigenvalue weighted by Crippen LogP contribution is 2.28. The second-order valence-corrected chi connectivity index (χ2v) is 7.21. The second-order valence-electron chi connectivity index (χ2n) is 6.80. The van der Waals surface area contributed by atoms with Crippen molar-refractivity contribution in [1.82, 2.24) is 4.90 Å². The third-order valence-corrected chi connectivity index (χ3v) is 5.08. The number of likely N-dealkylation sites (N-methyl/N-ethyl adjacent to an activating group) is 1. The maximum atomic E-state index is 6.46. The lowest BCUT2D eigenvalue weighted by Gasteiger charge is -2.46. The molecule has 0 bridgehead atoms. The Balaban J connectivity index is 2.13. The van der Waals surface area contributed by atoms with E-state index < -0.39 is 0 Å². The van der Waals surface area contributed by atoms with Crippen LogP contribution in [-0.4, -0.2) is 43.2 Å². The zero-order valence-corrected chi connectivity index (χ0v) is 14.5. The van der Waals surface area contributed by atoms with Gasteiger partial charge in [-0.25, -0.2) is 0 Å². The van der Waals surface area contributed by atoms with E-state index in [4.69, 9.17) is 17.3 Å². The number of piperazine rings is 1. The van der Waals surface area contributed by atoms with Gasteiger partial charge < -0.3 is 10.6 Å². The molecule has 0 amide bonds. The Bertz CT molecular complexity index is 487. The normalized spacial score (nSPS) is 20.6. The van der Waals surface area contributed by atoms with Crippen LogP contribution in [0, 0.1) is 0 Å².